The van der Waals surface area contributed by atoms with Crippen LogP contribution in [0.2, 0.25) is 0 Å². The SMILES string of the molecule is CC(Oc1ccc(Br)cc1)C(=O)NC1CCC(=O)NC1=O. The molecule has 0 aromatic heterocycles. The Balaban J connectivity index is 1.89. The molecule has 7 heteroatoms. The van der Waals surface area contributed by atoms with E-state index in [4.69, 9.17) is 4.74 Å². The van der Waals surface area contributed by atoms with Crippen molar-refractivity contribution in [3.8, 4) is 5.75 Å². The number of carbonyl (C=O) groups excluding carboxylic acids is 3. The smallest absolute Gasteiger partial charge is 0.261 e. The van der Waals surface area contributed by atoms with E-state index < -0.39 is 24.0 Å². The number of hydrogen-bond donors (Lipinski definition) is 2. The topological polar surface area (TPSA) is 84.5 Å². The Morgan fingerprint density at radius 3 is 2.67 bits per heavy atom. The van der Waals surface area contributed by atoms with Gasteiger partial charge in [-0.3, -0.25) is 19.7 Å². The average molecular weight is 355 g/mol. The van der Waals surface area contributed by atoms with Crippen molar-refractivity contribution < 1.29 is 19.1 Å². The summed E-state index contributed by atoms with van der Waals surface area (Å²) in [6.07, 6.45) is -0.211. The number of imide groups is 1. The van der Waals surface area contributed by atoms with Gasteiger partial charge in [-0.05, 0) is 37.6 Å². The van der Waals surface area contributed by atoms with Crippen LogP contribution in [0.1, 0.15) is 19.8 Å². The molecule has 2 unspecified atom stereocenters. The quantitative estimate of drug-likeness (QED) is 0.794. The van der Waals surface area contributed by atoms with Gasteiger partial charge in [-0.15, -0.1) is 0 Å². The highest BCUT2D eigenvalue weighted by molar-refractivity contribution is 9.10. The van der Waals surface area contributed by atoms with Gasteiger partial charge in [-0.1, -0.05) is 15.9 Å². The molecule has 1 aliphatic heterocycles. The molecule has 1 heterocycles. The van der Waals surface area contributed by atoms with Crippen molar-refractivity contribution in [2.75, 3.05) is 0 Å². The van der Waals surface area contributed by atoms with Crippen LogP contribution in [0.25, 0.3) is 0 Å². The molecule has 0 radical (unpaired) electrons. The zero-order valence-corrected chi connectivity index (χ0v) is 13.0. The first-order valence-corrected chi connectivity index (χ1v) is 7.31. The summed E-state index contributed by atoms with van der Waals surface area (Å²) < 4.78 is 6.41. The summed E-state index contributed by atoms with van der Waals surface area (Å²) in [5.74, 6) is -0.628. The first kappa shape index (κ1) is 15.5. The van der Waals surface area contributed by atoms with Crippen LogP contribution in [0.5, 0.6) is 5.75 Å². The molecule has 1 saturated heterocycles. The predicted octanol–water partition coefficient (Wildman–Crippen LogP) is 1.14. The Labute approximate surface area is 130 Å². The Morgan fingerprint density at radius 2 is 2.05 bits per heavy atom. The van der Waals surface area contributed by atoms with E-state index in [1.54, 1.807) is 31.2 Å². The minimum Gasteiger partial charge on any atom is -0.481 e. The molecule has 0 spiro atoms. The van der Waals surface area contributed by atoms with Crippen molar-refractivity contribution in [3.63, 3.8) is 0 Å². The minimum absolute atomic E-state index is 0.221. The number of ether oxygens (including phenoxy) is 1. The molecule has 21 heavy (non-hydrogen) atoms. The average Bonchev–Trinajstić information content (AvgIpc) is 2.44. The molecule has 1 aromatic carbocycles. The number of amides is 3. The van der Waals surface area contributed by atoms with Crippen LogP contribution in [-0.2, 0) is 14.4 Å². The maximum atomic E-state index is 12.0. The third-order valence-electron chi connectivity index (χ3n) is 3.05. The van der Waals surface area contributed by atoms with Crippen molar-refractivity contribution >= 4 is 33.7 Å². The Morgan fingerprint density at radius 1 is 1.38 bits per heavy atom. The molecule has 2 atom stereocenters. The Hall–Kier alpha value is -1.89. The van der Waals surface area contributed by atoms with E-state index in [1.807, 2.05) is 0 Å². The summed E-state index contributed by atoms with van der Waals surface area (Å²) in [7, 11) is 0. The fourth-order valence-corrected chi connectivity index (χ4v) is 2.16. The predicted molar refractivity (Wildman–Crippen MR) is 78.5 cm³/mol. The van der Waals surface area contributed by atoms with E-state index in [0.717, 1.165) is 4.47 Å². The number of carbonyl (C=O) groups is 3. The summed E-state index contributed by atoms with van der Waals surface area (Å²) in [6, 6.07) is 6.39. The molecule has 1 fully saturated rings. The lowest BCUT2D eigenvalue weighted by atomic mass is 10.1. The standard InChI is InChI=1S/C14H15BrN2O4/c1-8(21-10-4-2-9(15)3-5-10)13(19)16-11-6-7-12(18)17-14(11)20/h2-5,8,11H,6-7H2,1H3,(H,16,19)(H,17,18,20). The monoisotopic (exact) mass is 354 g/mol. The normalized spacial score (nSPS) is 19.6. The van der Waals surface area contributed by atoms with E-state index in [-0.39, 0.29) is 12.3 Å². The number of nitrogens with one attached hydrogen (secondary N) is 2. The van der Waals surface area contributed by atoms with Crippen molar-refractivity contribution in [2.24, 2.45) is 0 Å². The molecular formula is C14H15BrN2O4. The second-order valence-electron chi connectivity index (χ2n) is 4.73. The van der Waals surface area contributed by atoms with Gasteiger partial charge in [0.15, 0.2) is 6.10 Å². The lowest BCUT2D eigenvalue weighted by Crippen LogP contribution is -2.54. The second-order valence-corrected chi connectivity index (χ2v) is 5.64. The number of hydrogen-bond acceptors (Lipinski definition) is 4. The summed E-state index contributed by atoms with van der Waals surface area (Å²) in [6.45, 7) is 1.60. The summed E-state index contributed by atoms with van der Waals surface area (Å²) in [4.78, 5) is 34.6. The van der Waals surface area contributed by atoms with Crippen LogP contribution in [-0.4, -0.2) is 29.9 Å². The number of halogens is 1. The van der Waals surface area contributed by atoms with Crippen LogP contribution in [0.3, 0.4) is 0 Å². The highest BCUT2D eigenvalue weighted by Crippen LogP contribution is 2.17. The lowest BCUT2D eigenvalue weighted by Gasteiger charge is -2.23. The third kappa shape index (κ3) is 4.29. The molecule has 3 amide bonds. The van der Waals surface area contributed by atoms with E-state index in [9.17, 15) is 14.4 Å². The van der Waals surface area contributed by atoms with Crippen LogP contribution >= 0.6 is 15.9 Å². The number of piperidine rings is 1. The molecule has 2 N–H and O–H groups in total. The first-order chi connectivity index (χ1) is 9.95. The molecule has 0 saturated carbocycles. The van der Waals surface area contributed by atoms with Gasteiger partial charge in [0.1, 0.15) is 11.8 Å². The molecule has 112 valence electrons. The maximum Gasteiger partial charge on any atom is 0.261 e. The summed E-state index contributed by atoms with van der Waals surface area (Å²) >= 11 is 3.31. The highest BCUT2D eigenvalue weighted by Gasteiger charge is 2.29. The maximum absolute atomic E-state index is 12.0. The highest BCUT2D eigenvalue weighted by atomic mass is 79.9. The first-order valence-electron chi connectivity index (χ1n) is 6.52. The Kier molecular flexibility index (Phi) is 4.95. The summed E-state index contributed by atoms with van der Waals surface area (Å²) in [5.41, 5.74) is 0. The third-order valence-corrected chi connectivity index (χ3v) is 3.58. The molecule has 2 rings (SSSR count). The second kappa shape index (κ2) is 6.71. The molecule has 6 nitrogen and oxygen atoms in total. The zero-order valence-electron chi connectivity index (χ0n) is 11.4. The van der Waals surface area contributed by atoms with Crippen LogP contribution in [0.15, 0.2) is 28.7 Å². The van der Waals surface area contributed by atoms with Gasteiger partial charge >= 0.3 is 0 Å². The van der Waals surface area contributed by atoms with Gasteiger partial charge in [-0.25, -0.2) is 0 Å². The van der Waals surface area contributed by atoms with Crippen molar-refractivity contribution in [2.45, 2.75) is 31.9 Å². The lowest BCUT2D eigenvalue weighted by molar-refractivity contribution is -0.138. The van der Waals surface area contributed by atoms with Gasteiger partial charge in [-0.2, -0.15) is 0 Å². The Bertz CT molecular complexity index is 559. The molecule has 1 aliphatic rings. The zero-order chi connectivity index (χ0) is 15.4. The van der Waals surface area contributed by atoms with Gasteiger partial charge < -0.3 is 10.1 Å². The van der Waals surface area contributed by atoms with Crippen LogP contribution in [0, 0.1) is 0 Å². The fourth-order valence-electron chi connectivity index (χ4n) is 1.89. The van der Waals surface area contributed by atoms with E-state index in [0.29, 0.717) is 12.2 Å². The van der Waals surface area contributed by atoms with Crippen molar-refractivity contribution in [1.29, 1.82) is 0 Å². The van der Waals surface area contributed by atoms with E-state index in [1.165, 1.54) is 0 Å². The van der Waals surface area contributed by atoms with Crippen molar-refractivity contribution in [3.05, 3.63) is 28.7 Å². The number of rotatable bonds is 4. The van der Waals surface area contributed by atoms with E-state index >= 15 is 0 Å². The van der Waals surface area contributed by atoms with Gasteiger partial charge in [0.05, 0.1) is 0 Å². The van der Waals surface area contributed by atoms with Gasteiger partial charge in [0.2, 0.25) is 11.8 Å². The van der Waals surface area contributed by atoms with Gasteiger partial charge in [0, 0.05) is 10.9 Å². The number of benzene rings is 1. The molecular weight excluding hydrogens is 340 g/mol. The van der Waals surface area contributed by atoms with Crippen molar-refractivity contribution in [1.82, 2.24) is 10.6 Å². The molecule has 0 bridgehead atoms. The van der Waals surface area contributed by atoms with E-state index in [2.05, 4.69) is 26.6 Å². The molecule has 1 aromatic rings. The molecule has 0 aliphatic carbocycles. The van der Waals surface area contributed by atoms with Crippen LogP contribution < -0.4 is 15.4 Å². The van der Waals surface area contributed by atoms with Crippen LogP contribution in [0.4, 0.5) is 0 Å². The van der Waals surface area contributed by atoms with Gasteiger partial charge in [0.25, 0.3) is 5.91 Å². The minimum atomic E-state index is -0.739. The summed E-state index contributed by atoms with van der Waals surface area (Å²) in [5, 5.41) is 4.77. The fraction of sp³-hybridized carbons (Fsp3) is 0.357. The largest absolute Gasteiger partial charge is 0.481 e.